The van der Waals surface area contributed by atoms with E-state index >= 15 is 0 Å². The normalized spacial score (nSPS) is 23.4. The van der Waals surface area contributed by atoms with Gasteiger partial charge in [-0.15, -0.1) is 24.0 Å². The summed E-state index contributed by atoms with van der Waals surface area (Å²) in [5.74, 6) is 1.90. The fraction of sp³-hybridized carbons (Fsp3) is 0.706. The fourth-order valence-corrected chi connectivity index (χ4v) is 4.07. The zero-order valence-electron chi connectivity index (χ0n) is 15.2. The van der Waals surface area contributed by atoms with Crippen molar-refractivity contribution in [3.8, 4) is 0 Å². The van der Waals surface area contributed by atoms with Crippen molar-refractivity contribution in [2.45, 2.75) is 44.1 Å². The van der Waals surface area contributed by atoms with Gasteiger partial charge in [-0.05, 0) is 37.7 Å². The van der Waals surface area contributed by atoms with Crippen LogP contribution in [0.5, 0.6) is 0 Å². The molecule has 2 rings (SSSR count). The van der Waals surface area contributed by atoms with Crippen molar-refractivity contribution in [3.63, 3.8) is 0 Å². The first kappa shape index (κ1) is 21.6. The highest BCUT2D eigenvalue weighted by atomic mass is 127. The lowest BCUT2D eigenvalue weighted by Gasteiger charge is -2.44. The summed E-state index contributed by atoms with van der Waals surface area (Å²) in [7, 11) is 4.09. The highest BCUT2D eigenvalue weighted by Crippen LogP contribution is 2.41. The molecule has 1 aromatic rings. The average molecular weight is 466 g/mol. The molecule has 2 atom stereocenters. The number of hydrogen-bond donors (Lipinski definition) is 2. The number of aliphatic hydroxyl groups is 1. The molecule has 24 heavy (non-hydrogen) atoms. The Morgan fingerprint density at radius 2 is 2.29 bits per heavy atom. The van der Waals surface area contributed by atoms with Crippen molar-refractivity contribution >= 4 is 41.7 Å². The third-order valence-electron chi connectivity index (χ3n) is 4.46. The van der Waals surface area contributed by atoms with Gasteiger partial charge >= 0.3 is 0 Å². The van der Waals surface area contributed by atoms with E-state index in [0.717, 1.165) is 37.6 Å². The maximum absolute atomic E-state index is 10.7. The number of nitrogens with zero attached hydrogens (tertiary/aromatic N) is 3. The van der Waals surface area contributed by atoms with E-state index in [1.54, 1.807) is 0 Å². The smallest absolute Gasteiger partial charge is 0.194 e. The summed E-state index contributed by atoms with van der Waals surface area (Å²) < 4.78 is 2.12. The van der Waals surface area contributed by atoms with Crippen LogP contribution >= 0.6 is 35.7 Å². The second-order valence-electron chi connectivity index (χ2n) is 6.22. The lowest BCUT2D eigenvalue weighted by atomic mass is 9.79. The number of aliphatic imine (C=N–C) groups is 1. The molecule has 1 fully saturated rings. The van der Waals surface area contributed by atoms with Crippen LogP contribution < -0.4 is 5.32 Å². The van der Waals surface area contributed by atoms with E-state index in [0.29, 0.717) is 11.8 Å². The van der Waals surface area contributed by atoms with Gasteiger partial charge in [-0.3, -0.25) is 4.99 Å². The van der Waals surface area contributed by atoms with Gasteiger partial charge in [0.1, 0.15) is 0 Å². The number of aryl methyl sites for hydroxylation is 1. The Balaban J connectivity index is 0.00000288. The summed E-state index contributed by atoms with van der Waals surface area (Å²) in [5, 5.41) is 14.4. The first-order valence-corrected chi connectivity index (χ1v) is 9.48. The van der Waals surface area contributed by atoms with Gasteiger partial charge in [0.2, 0.25) is 0 Å². The van der Waals surface area contributed by atoms with Crippen LogP contribution in [-0.2, 0) is 13.6 Å². The molecule has 0 aliphatic heterocycles. The molecule has 7 heteroatoms. The molecule has 0 radical (unpaired) electrons. The molecule has 0 amide bonds. The van der Waals surface area contributed by atoms with Crippen molar-refractivity contribution in [1.29, 1.82) is 0 Å². The fourth-order valence-electron chi connectivity index (χ4n) is 2.88. The Morgan fingerprint density at radius 3 is 2.79 bits per heavy atom. The molecule has 0 spiro atoms. The molecular formula is C17H31IN4OS. The van der Waals surface area contributed by atoms with Crippen LogP contribution in [0.2, 0.25) is 0 Å². The number of rotatable bonds is 7. The van der Waals surface area contributed by atoms with Gasteiger partial charge in [0.15, 0.2) is 5.96 Å². The number of guanidine groups is 1. The van der Waals surface area contributed by atoms with Crippen LogP contribution in [0.3, 0.4) is 0 Å². The number of hydrogen-bond acceptors (Lipinski definition) is 3. The number of aromatic nitrogens is 1. The molecule has 2 N–H and O–H groups in total. The molecule has 0 bridgehead atoms. The second kappa shape index (κ2) is 9.91. The molecule has 5 nitrogen and oxygen atoms in total. The van der Waals surface area contributed by atoms with E-state index in [2.05, 4.69) is 54.0 Å². The lowest BCUT2D eigenvalue weighted by molar-refractivity contribution is -0.0156. The Kier molecular flexibility index (Phi) is 8.94. The summed E-state index contributed by atoms with van der Waals surface area (Å²) in [5.41, 5.74) is 0.604. The van der Waals surface area contributed by atoms with E-state index in [4.69, 9.17) is 4.99 Å². The van der Waals surface area contributed by atoms with Gasteiger partial charge in [0.25, 0.3) is 0 Å². The number of nitrogens with one attached hydrogen (secondary N) is 1. The SMILES string of the molecule is CCNC(=NCC1(O)CCC1SCC)N(C)Cc1cccn1C.I. The Morgan fingerprint density at radius 1 is 1.54 bits per heavy atom. The van der Waals surface area contributed by atoms with Crippen LogP contribution in [0.25, 0.3) is 0 Å². The van der Waals surface area contributed by atoms with Crippen LogP contribution in [0.15, 0.2) is 23.3 Å². The molecule has 138 valence electrons. The Bertz CT molecular complexity index is 536. The summed E-state index contributed by atoms with van der Waals surface area (Å²) in [4.78, 5) is 6.82. The van der Waals surface area contributed by atoms with E-state index in [-0.39, 0.29) is 24.0 Å². The standard InChI is InChI=1S/C17H30N4OS.HI/c1-5-18-16(21(4)12-14-8-7-11-20(14)3)19-13-17(22)10-9-15(17)23-6-2;/h7-8,11,15,22H,5-6,9-10,12-13H2,1-4H3,(H,18,19);1H. The molecule has 1 heterocycles. The minimum atomic E-state index is -0.632. The Hall–Kier alpha value is -0.410. The highest BCUT2D eigenvalue weighted by Gasteiger charge is 2.45. The topological polar surface area (TPSA) is 52.8 Å². The molecule has 1 aliphatic carbocycles. The lowest BCUT2D eigenvalue weighted by Crippen LogP contribution is -2.53. The van der Waals surface area contributed by atoms with E-state index in [1.165, 1.54) is 5.69 Å². The van der Waals surface area contributed by atoms with Crippen molar-refractivity contribution < 1.29 is 5.11 Å². The summed E-state index contributed by atoms with van der Waals surface area (Å²) in [6.45, 7) is 6.30. The predicted octanol–water partition coefficient (Wildman–Crippen LogP) is 2.69. The molecule has 1 saturated carbocycles. The van der Waals surface area contributed by atoms with Crippen molar-refractivity contribution in [2.24, 2.45) is 12.0 Å². The minimum absolute atomic E-state index is 0. The second-order valence-corrected chi connectivity index (χ2v) is 7.70. The van der Waals surface area contributed by atoms with E-state index in [1.807, 2.05) is 18.8 Å². The first-order chi connectivity index (χ1) is 11.0. The van der Waals surface area contributed by atoms with Crippen LogP contribution in [0.1, 0.15) is 32.4 Å². The molecule has 1 aromatic heterocycles. The molecule has 0 aromatic carbocycles. The number of halogens is 1. The van der Waals surface area contributed by atoms with Gasteiger partial charge in [-0.2, -0.15) is 11.8 Å². The minimum Gasteiger partial charge on any atom is -0.387 e. The van der Waals surface area contributed by atoms with Crippen molar-refractivity contribution in [3.05, 3.63) is 24.0 Å². The molecule has 0 saturated heterocycles. The summed E-state index contributed by atoms with van der Waals surface area (Å²) in [6, 6.07) is 4.17. The first-order valence-electron chi connectivity index (χ1n) is 8.43. The van der Waals surface area contributed by atoms with Crippen molar-refractivity contribution in [2.75, 3.05) is 25.9 Å². The van der Waals surface area contributed by atoms with Gasteiger partial charge in [0, 0.05) is 37.8 Å². The van der Waals surface area contributed by atoms with Gasteiger partial charge in [-0.1, -0.05) is 6.92 Å². The summed E-state index contributed by atoms with van der Waals surface area (Å²) >= 11 is 1.85. The zero-order chi connectivity index (χ0) is 16.9. The highest BCUT2D eigenvalue weighted by molar-refractivity contribution is 14.0. The van der Waals surface area contributed by atoms with Crippen LogP contribution in [-0.4, -0.2) is 57.3 Å². The number of thioether (sulfide) groups is 1. The van der Waals surface area contributed by atoms with E-state index < -0.39 is 5.60 Å². The third-order valence-corrected chi connectivity index (χ3v) is 5.87. The van der Waals surface area contributed by atoms with Crippen LogP contribution in [0, 0.1) is 0 Å². The Labute approximate surface area is 167 Å². The van der Waals surface area contributed by atoms with Gasteiger partial charge in [0.05, 0.1) is 18.7 Å². The third kappa shape index (κ3) is 5.29. The molecule has 1 aliphatic rings. The van der Waals surface area contributed by atoms with E-state index in [9.17, 15) is 5.11 Å². The molecular weight excluding hydrogens is 435 g/mol. The maximum Gasteiger partial charge on any atom is 0.194 e. The van der Waals surface area contributed by atoms with Gasteiger partial charge in [-0.25, -0.2) is 0 Å². The largest absolute Gasteiger partial charge is 0.387 e. The van der Waals surface area contributed by atoms with Crippen LogP contribution in [0.4, 0.5) is 0 Å². The molecule has 2 unspecified atom stereocenters. The maximum atomic E-state index is 10.7. The monoisotopic (exact) mass is 466 g/mol. The average Bonchev–Trinajstić information content (AvgIpc) is 2.92. The summed E-state index contributed by atoms with van der Waals surface area (Å²) in [6.07, 6.45) is 4.01. The zero-order valence-corrected chi connectivity index (χ0v) is 18.3. The predicted molar refractivity (Wildman–Crippen MR) is 114 cm³/mol. The van der Waals surface area contributed by atoms with Crippen molar-refractivity contribution in [1.82, 2.24) is 14.8 Å². The quantitative estimate of drug-likeness (QED) is 0.369. The van der Waals surface area contributed by atoms with Gasteiger partial charge < -0.3 is 19.9 Å².